The smallest absolute Gasteiger partial charge is 0.0705 e. The lowest BCUT2D eigenvalue weighted by Gasteiger charge is -2.03. The number of hydrogen-bond donors (Lipinski definition) is 0. The lowest BCUT2D eigenvalue weighted by Crippen LogP contribution is -1.91. The number of pyridine rings is 1. The van der Waals surface area contributed by atoms with Gasteiger partial charge in [0.05, 0.1) is 5.52 Å². The maximum atomic E-state index is 4.68. The minimum absolute atomic E-state index is 1.07. The van der Waals surface area contributed by atoms with Gasteiger partial charge in [-0.2, -0.15) is 0 Å². The number of aryl methyl sites for hydroxylation is 1. The van der Waals surface area contributed by atoms with Crippen LogP contribution in [0.4, 0.5) is 0 Å². The van der Waals surface area contributed by atoms with Crippen molar-refractivity contribution in [2.45, 2.75) is 64.7 Å². The Bertz CT molecular complexity index is 504. The molecule has 0 fully saturated rings. The van der Waals surface area contributed by atoms with Crippen LogP contribution in [-0.2, 0) is 6.42 Å². The van der Waals surface area contributed by atoms with Gasteiger partial charge in [-0.3, -0.25) is 4.98 Å². The molecule has 0 spiro atoms. The van der Waals surface area contributed by atoms with Gasteiger partial charge in [-0.25, -0.2) is 0 Å². The highest BCUT2D eigenvalue weighted by Crippen LogP contribution is 2.14. The van der Waals surface area contributed by atoms with E-state index in [0.717, 1.165) is 17.6 Å². The highest BCUT2D eigenvalue weighted by Gasteiger charge is 1.99. The molecule has 20 heavy (non-hydrogen) atoms. The predicted octanol–water partition coefficient (Wildman–Crippen LogP) is 5.72. The van der Waals surface area contributed by atoms with Gasteiger partial charge in [0.2, 0.25) is 0 Å². The standard InChI is InChI=1S/C19H26N/c1-2-3-4-5-6-7-8-9-13-18-16-15-17-12-10-11-14-19(17)20-18/h10-12,14-15H,2-9,13H2,1H3. The topological polar surface area (TPSA) is 12.9 Å². The van der Waals surface area contributed by atoms with Crippen LogP contribution in [0, 0.1) is 6.07 Å². The monoisotopic (exact) mass is 268 g/mol. The summed E-state index contributed by atoms with van der Waals surface area (Å²) in [6, 6.07) is 13.7. The Morgan fingerprint density at radius 3 is 2.40 bits per heavy atom. The summed E-state index contributed by atoms with van der Waals surface area (Å²) >= 11 is 0. The number of benzene rings is 1. The number of fused-ring (bicyclic) bond motifs is 1. The molecular weight excluding hydrogens is 242 g/mol. The fraction of sp³-hybridized carbons (Fsp3) is 0.526. The summed E-state index contributed by atoms with van der Waals surface area (Å²) in [6.45, 7) is 2.27. The Labute approximate surface area is 123 Å². The van der Waals surface area contributed by atoms with Crippen molar-refractivity contribution in [3.63, 3.8) is 0 Å². The molecule has 2 rings (SSSR count). The third-order valence-electron chi connectivity index (χ3n) is 3.85. The van der Waals surface area contributed by atoms with Crippen LogP contribution in [0.2, 0.25) is 0 Å². The Balaban J connectivity index is 1.65. The largest absolute Gasteiger partial charge is 0.252 e. The first-order valence-corrected chi connectivity index (χ1v) is 8.16. The molecule has 0 aliphatic rings. The maximum absolute atomic E-state index is 4.68. The SMILES string of the molecule is CCCCCCCCCCc1[c]cc2ccccc2n1. The van der Waals surface area contributed by atoms with Gasteiger partial charge in [0.1, 0.15) is 0 Å². The highest BCUT2D eigenvalue weighted by molar-refractivity contribution is 5.78. The quantitative estimate of drug-likeness (QED) is 0.530. The Hall–Kier alpha value is -1.37. The van der Waals surface area contributed by atoms with E-state index < -0.39 is 0 Å². The van der Waals surface area contributed by atoms with Crippen molar-refractivity contribution >= 4 is 10.9 Å². The van der Waals surface area contributed by atoms with Crippen molar-refractivity contribution in [3.8, 4) is 0 Å². The van der Waals surface area contributed by atoms with E-state index in [1.54, 1.807) is 0 Å². The molecule has 1 radical (unpaired) electrons. The first-order chi connectivity index (χ1) is 9.90. The molecule has 1 heteroatoms. The molecule has 0 unspecified atom stereocenters. The van der Waals surface area contributed by atoms with Crippen molar-refractivity contribution in [1.29, 1.82) is 0 Å². The van der Waals surface area contributed by atoms with Gasteiger partial charge in [0.15, 0.2) is 0 Å². The molecule has 2 aromatic rings. The van der Waals surface area contributed by atoms with Crippen LogP contribution in [0.15, 0.2) is 30.3 Å². The van der Waals surface area contributed by atoms with Gasteiger partial charge < -0.3 is 0 Å². The average Bonchev–Trinajstić information content (AvgIpc) is 2.50. The van der Waals surface area contributed by atoms with E-state index in [1.807, 2.05) is 0 Å². The minimum Gasteiger partial charge on any atom is -0.252 e. The second kappa shape index (κ2) is 8.73. The molecule has 1 heterocycles. The Morgan fingerprint density at radius 1 is 0.900 bits per heavy atom. The molecule has 1 aromatic carbocycles. The van der Waals surface area contributed by atoms with E-state index in [0.29, 0.717) is 0 Å². The van der Waals surface area contributed by atoms with Gasteiger partial charge in [-0.05, 0) is 25.0 Å². The number of hydrogen-bond acceptors (Lipinski definition) is 1. The van der Waals surface area contributed by atoms with Crippen LogP contribution in [-0.4, -0.2) is 4.98 Å². The van der Waals surface area contributed by atoms with Crippen molar-refractivity contribution < 1.29 is 0 Å². The number of unbranched alkanes of at least 4 members (excludes halogenated alkanes) is 7. The third kappa shape index (κ3) is 4.96. The summed E-state index contributed by atoms with van der Waals surface area (Å²) in [5, 5.41) is 1.19. The van der Waals surface area contributed by atoms with Crippen molar-refractivity contribution in [2.24, 2.45) is 0 Å². The van der Waals surface area contributed by atoms with Crippen LogP contribution in [0.5, 0.6) is 0 Å². The van der Waals surface area contributed by atoms with Crippen molar-refractivity contribution in [2.75, 3.05) is 0 Å². The van der Waals surface area contributed by atoms with Crippen molar-refractivity contribution in [3.05, 3.63) is 42.1 Å². The van der Waals surface area contributed by atoms with E-state index in [9.17, 15) is 0 Å². The maximum Gasteiger partial charge on any atom is 0.0705 e. The van der Waals surface area contributed by atoms with Crippen LogP contribution < -0.4 is 0 Å². The Morgan fingerprint density at radius 2 is 1.60 bits per heavy atom. The zero-order chi connectivity index (χ0) is 14.0. The number of rotatable bonds is 9. The second-order valence-corrected chi connectivity index (χ2v) is 5.63. The minimum atomic E-state index is 1.07. The van der Waals surface area contributed by atoms with E-state index >= 15 is 0 Å². The summed E-state index contributed by atoms with van der Waals surface area (Å²) in [5.74, 6) is 0. The lowest BCUT2D eigenvalue weighted by molar-refractivity contribution is 0.574. The number of para-hydroxylation sites is 1. The van der Waals surface area contributed by atoms with Crippen LogP contribution >= 0.6 is 0 Å². The number of aromatic nitrogens is 1. The fourth-order valence-electron chi connectivity index (χ4n) is 2.60. The zero-order valence-corrected chi connectivity index (χ0v) is 12.7. The van der Waals surface area contributed by atoms with Crippen LogP contribution in [0.25, 0.3) is 10.9 Å². The normalized spacial score (nSPS) is 11.1. The number of nitrogens with zero attached hydrogens (tertiary/aromatic N) is 1. The molecule has 107 valence electrons. The van der Waals surface area contributed by atoms with Gasteiger partial charge >= 0.3 is 0 Å². The summed E-state index contributed by atoms with van der Waals surface area (Å²) in [7, 11) is 0. The summed E-state index contributed by atoms with van der Waals surface area (Å²) in [4.78, 5) is 4.68. The predicted molar refractivity (Wildman–Crippen MR) is 86.9 cm³/mol. The fourth-order valence-corrected chi connectivity index (χ4v) is 2.60. The molecule has 0 N–H and O–H groups in total. The molecule has 0 aliphatic heterocycles. The van der Waals surface area contributed by atoms with E-state index in [2.05, 4.69) is 48.3 Å². The van der Waals surface area contributed by atoms with E-state index in [4.69, 9.17) is 0 Å². The average molecular weight is 268 g/mol. The Kier molecular flexibility index (Phi) is 6.56. The summed E-state index contributed by atoms with van der Waals surface area (Å²) < 4.78 is 0. The summed E-state index contributed by atoms with van der Waals surface area (Å²) in [6.07, 6.45) is 12.0. The van der Waals surface area contributed by atoms with Gasteiger partial charge in [-0.15, -0.1) is 0 Å². The first kappa shape index (κ1) is 15.0. The highest BCUT2D eigenvalue weighted by atomic mass is 14.7. The van der Waals surface area contributed by atoms with Crippen LogP contribution in [0.3, 0.4) is 0 Å². The molecule has 0 atom stereocenters. The van der Waals surface area contributed by atoms with Gasteiger partial charge in [-0.1, -0.05) is 70.1 Å². The van der Waals surface area contributed by atoms with E-state index in [1.165, 1.54) is 56.8 Å². The molecule has 0 amide bonds. The van der Waals surface area contributed by atoms with Crippen LogP contribution in [0.1, 0.15) is 64.0 Å². The first-order valence-electron chi connectivity index (χ1n) is 8.16. The molecule has 0 bridgehead atoms. The molecular formula is C19H26N. The van der Waals surface area contributed by atoms with Gasteiger partial charge in [0.25, 0.3) is 0 Å². The molecule has 0 saturated carbocycles. The lowest BCUT2D eigenvalue weighted by atomic mass is 10.1. The van der Waals surface area contributed by atoms with E-state index in [-0.39, 0.29) is 0 Å². The molecule has 0 saturated heterocycles. The summed E-state index contributed by atoms with van der Waals surface area (Å²) in [5.41, 5.74) is 2.22. The molecule has 1 aromatic heterocycles. The molecule has 1 nitrogen and oxygen atoms in total. The second-order valence-electron chi connectivity index (χ2n) is 5.63. The molecule has 0 aliphatic carbocycles. The van der Waals surface area contributed by atoms with Gasteiger partial charge in [0, 0.05) is 17.1 Å². The van der Waals surface area contributed by atoms with Crippen molar-refractivity contribution in [1.82, 2.24) is 4.98 Å². The zero-order valence-electron chi connectivity index (χ0n) is 12.7. The third-order valence-corrected chi connectivity index (χ3v) is 3.85.